The number of nitrogens with two attached hydrogens (primary N) is 1. The third-order valence-electron chi connectivity index (χ3n) is 2.91. The Morgan fingerprint density at radius 3 is 2.61 bits per heavy atom. The van der Waals surface area contributed by atoms with Crippen molar-refractivity contribution in [3.05, 3.63) is 40.9 Å². The lowest BCUT2D eigenvalue weighted by molar-refractivity contribution is -0.117. The Hall–Kier alpha value is -1.39. The molecule has 0 unspecified atom stereocenters. The summed E-state index contributed by atoms with van der Waals surface area (Å²) in [5, 5.41) is 4.95. The highest BCUT2D eigenvalue weighted by molar-refractivity contribution is 9.10. The minimum atomic E-state index is -0.465. The van der Waals surface area contributed by atoms with Gasteiger partial charge in [0.1, 0.15) is 0 Å². The smallest absolute Gasteiger partial charge is 0.241 e. The first kappa shape index (κ1) is 13.1. The van der Waals surface area contributed by atoms with Crippen LogP contribution in [0.5, 0.6) is 0 Å². The molecule has 2 aromatic rings. The Kier molecular flexibility index (Phi) is 3.99. The third-order valence-corrected chi connectivity index (χ3v) is 3.60. The SMILES string of the molecule is CC[C@H](N)C(=O)Nc1ccc(Br)c2ccccc12. The molecule has 0 bridgehead atoms. The topological polar surface area (TPSA) is 55.1 Å². The van der Waals surface area contributed by atoms with Crippen LogP contribution < -0.4 is 11.1 Å². The second-order valence-electron chi connectivity index (χ2n) is 4.14. The van der Waals surface area contributed by atoms with Crippen molar-refractivity contribution in [1.29, 1.82) is 0 Å². The predicted octanol–water partition coefficient (Wildman–Crippen LogP) is 3.28. The van der Waals surface area contributed by atoms with E-state index in [0.29, 0.717) is 6.42 Å². The number of rotatable bonds is 3. The van der Waals surface area contributed by atoms with Crippen molar-refractivity contribution in [2.24, 2.45) is 5.73 Å². The molecule has 2 aromatic carbocycles. The molecule has 0 spiro atoms. The van der Waals surface area contributed by atoms with Gasteiger partial charge in [0.15, 0.2) is 0 Å². The quantitative estimate of drug-likeness (QED) is 0.914. The van der Waals surface area contributed by atoms with Gasteiger partial charge in [-0.1, -0.05) is 47.1 Å². The summed E-state index contributed by atoms with van der Waals surface area (Å²) in [6.45, 7) is 1.89. The molecule has 2 rings (SSSR count). The fourth-order valence-corrected chi connectivity index (χ4v) is 2.26. The number of amides is 1. The van der Waals surface area contributed by atoms with E-state index in [1.165, 1.54) is 0 Å². The molecule has 0 aromatic heterocycles. The van der Waals surface area contributed by atoms with E-state index in [2.05, 4.69) is 21.2 Å². The second kappa shape index (κ2) is 5.50. The Morgan fingerprint density at radius 2 is 1.94 bits per heavy atom. The summed E-state index contributed by atoms with van der Waals surface area (Å²) in [5.74, 6) is -0.148. The first-order valence-corrected chi connectivity index (χ1v) is 6.66. The molecule has 0 heterocycles. The molecule has 0 aliphatic rings. The van der Waals surface area contributed by atoms with Gasteiger partial charge in [-0.25, -0.2) is 0 Å². The van der Waals surface area contributed by atoms with Crippen molar-refractivity contribution >= 4 is 38.3 Å². The van der Waals surface area contributed by atoms with Crippen molar-refractivity contribution < 1.29 is 4.79 Å². The lowest BCUT2D eigenvalue weighted by Crippen LogP contribution is -2.34. The van der Waals surface area contributed by atoms with Crippen LogP contribution in [0.15, 0.2) is 40.9 Å². The van der Waals surface area contributed by atoms with E-state index in [9.17, 15) is 4.79 Å². The van der Waals surface area contributed by atoms with Gasteiger partial charge in [0.2, 0.25) is 5.91 Å². The molecule has 1 amide bonds. The third kappa shape index (κ3) is 2.54. The van der Waals surface area contributed by atoms with Gasteiger partial charge in [0.05, 0.1) is 6.04 Å². The average Bonchev–Trinajstić information content (AvgIpc) is 2.41. The van der Waals surface area contributed by atoms with Gasteiger partial charge < -0.3 is 11.1 Å². The second-order valence-corrected chi connectivity index (χ2v) is 5.00. The van der Waals surface area contributed by atoms with Crippen molar-refractivity contribution in [2.75, 3.05) is 5.32 Å². The molecule has 3 N–H and O–H groups in total. The first-order valence-electron chi connectivity index (χ1n) is 5.87. The van der Waals surface area contributed by atoms with Crippen LogP contribution in [0, 0.1) is 0 Å². The standard InChI is InChI=1S/C14H15BrN2O/c1-2-12(16)14(18)17-13-8-7-11(15)9-5-3-4-6-10(9)13/h3-8,12H,2,16H2,1H3,(H,17,18)/t12-/m0/s1. The van der Waals surface area contributed by atoms with Gasteiger partial charge in [-0.3, -0.25) is 4.79 Å². The number of fused-ring (bicyclic) bond motifs is 1. The molecule has 0 saturated carbocycles. The van der Waals surface area contributed by atoms with E-state index in [4.69, 9.17) is 5.73 Å². The largest absolute Gasteiger partial charge is 0.324 e. The summed E-state index contributed by atoms with van der Waals surface area (Å²) < 4.78 is 1.01. The summed E-state index contributed by atoms with van der Waals surface area (Å²) in [4.78, 5) is 11.8. The first-order chi connectivity index (χ1) is 8.63. The number of halogens is 1. The summed E-state index contributed by atoms with van der Waals surface area (Å²) in [7, 11) is 0. The van der Waals surface area contributed by atoms with Gasteiger partial charge in [-0.15, -0.1) is 0 Å². The molecule has 3 nitrogen and oxygen atoms in total. The van der Waals surface area contributed by atoms with Crippen LogP contribution in [0.3, 0.4) is 0 Å². The molecule has 18 heavy (non-hydrogen) atoms. The van der Waals surface area contributed by atoms with Crippen LogP contribution in [0.1, 0.15) is 13.3 Å². The molecule has 0 aliphatic heterocycles. The maximum absolute atomic E-state index is 11.8. The number of anilines is 1. The summed E-state index contributed by atoms with van der Waals surface area (Å²) in [6, 6.07) is 11.2. The summed E-state index contributed by atoms with van der Waals surface area (Å²) in [5.41, 5.74) is 6.51. The number of nitrogens with one attached hydrogen (secondary N) is 1. The van der Waals surface area contributed by atoms with Gasteiger partial charge in [0, 0.05) is 15.5 Å². The van der Waals surface area contributed by atoms with Crippen LogP contribution in [-0.2, 0) is 4.79 Å². The van der Waals surface area contributed by atoms with Gasteiger partial charge >= 0.3 is 0 Å². The van der Waals surface area contributed by atoms with Crippen LogP contribution in [-0.4, -0.2) is 11.9 Å². The van der Waals surface area contributed by atoms with E-state index >= 15 is 0 Å². The fourth-order valence-electron chi connectivity index (χ4n) is 1.78. The van der Waals surface area contributed by atoms with Crippen LogP contribution >= 0.6 is 15.9 Å². The van der Waals surface area contributed by atoms with Crippen LogP contribution in [0.2, 0.25) is 0 Å². The lowest BCUT2D eigenvalue weighted by atomic mass is 10.1. The van der Waals surface area contributed by atoms with Crippen LogP contribution in [0.25, 0.3) is 10.8 Å². The Bertz CT molecular complexity index is 583. The highest BCUT2D eigenvalue weighted by Crippen LogP contribution is 2.29. The molecule has 94 valence electrons. The highest BCUT2D eigenvalue weighted by atomic mass is 79.9. The van der Waals surface area contributed by atoms with Crippen molar-refractivity contribution in [2.45, 2.75) is 19.4 Å². The summed E-state index contributed by atoms with van der Waals surface area (Å²) >= 11 is 3.50. The zero-order valence-corrected chi connectivity index (χ0v) is 11.7. The van der Waals surface area contributed by atoms with Crippen molar-refractivity contribution in [1.82, 2.24) is 0 Å². The molecule has 0 aliphatic carbocycles. The fraction of sp³-hybridized carbons (Fsp3) is 0.214. The van der Waals surface area contributed by atoms with Crippen LogP contribution in [0.4, 0.5) is 5.69 Å². The molecule has 0 radical (unpaired) electrons. The number of hydrogen-bond donors (Lipinski definition) is 2. The molecule has 4 heteroatoms. The molecular weight excluding hydrogens is 292 g/mol. The zero-order chi connectivity index (χ0) is 13.1. The van der Waals surface area contributed by atoms with E-state index in [0.717, 1.165) is 20.9 Å². The predicted molar refractivity (Wildman–Crippen MR) is 78.5 cm³/mol. The average molecular weight is 307 g/mol. The monoisotopic (exact) mass is 306 g/mol. The number of carbonyl (C=O) groups is 1. The highest BCUT2D eigenvalue weighted by Gasteiger charge is 2.12. The van der Waals surface area contributed by atoms with E-state index < -0.39 is 6.04 Å². The van der Waals surface area contributed by atoms with E-state index in [-0.39, 0.29) is 5.91 Å². The van der Waals surface area contributed by atoms with E-state index in [1.54, 1.807) is 0 Å². The molecule has 1 atom stereocenters. The minimum Gasteiger partial charge on any atom is -0.324 e. The number of hydrogen-bond acceptors (Lipinski definition) is 2. The normalized spacial score (nSPS) is 12.4. The maximum atomic E-state index is 11.8. The molecule has 0 fully saturated rings. The number of benzene rings is 2. The lowest BCUT2D eigenvalue weighted by Gasteiger charge is -2.13. The summed E-state index contributed by atoms with van der Waals surface area (Å²) in [6.07, 6.45) is 0.625. The number of carbonyl (C=O) groups excluding carboxylic acids is 1. The minimum absolute atomic E-state index is 0.148. The molecular formula is C14H15BrN2O. The maximum Gasteiger partial charge on any atom is 0.241 e. The Morgan fingerprint density at radius 1 is 1.28 bits per heavy atom. The van der Waals surface area contributed by atoms with Crippen molar-refractivity contribution in [3.8, 4) is 0 Å². The molecule has 0 saturated heterocycles. The Labute approximate surface area is 114 Å². The van der Waals surface area contributed by atoms with E-state index in [1.807, 2.05) is 43.3 Å². The van der Waals surface area contributed by atoms with Gasteiger partial charge in [-0.2, -0.15) is 0 Å². The van der Waals surface area contributed by atoms with Gasteiger partial charge in [-0.05, 0) is 23.9 Å². The zero-order valence-electron chi connectivity index (χ0n) is 10.1. The Balaban J connectivity index is 2.40. The van der Waals surface area contributed by atoms with Crippen molar-refractivity contribution in [3.63, 3.8) is 0 Å². The van der Waals surface area contributed by atoms with Gasteiger partial charge in [0.25, 0.3) is 0 Å².